The van der Waals surface area contributed by atoms with Crippen LogP contribution in [0.2, 0.25) is 0 Å². The van der Waals surface area contributed by atoms with Gasteiger partial charge in [0.25, 0.3) is 0 Å². The molecular formula is C27H35N. The average Bonchev–Trinajstić information content (AvgIpc) is 3.19. The zero-order valence-corrected chi connectivity index (χ0v) is 17.8. The van der Waals surface area contributed by atoms with Gasteiger partial charge in [-0.15, -0.1) is 0 Å². The van der Waals surface area contributed by atoms with Crippen molar-refractivity contribution in [2.75, 3.05) is 0 Å². The van der Waals surface area contributed by atoms with Crippen LogP contribution in [0.4, 0.5) is 0 Å². The summed E-state index contributed by atoms with van der Waals surface area (Å²) in [4.78, 5) is 0. The van der Waals surface area contributed by atoms with E-state index in [-0.39, 0.29) is 5.54 Å². The Kier molecular flexibility index (Phi) is 7.14. The molecule has 0 aliphatic rings. The van der Waals surface area contributed by atoms with Crippen LogP contribution >= 0.6 is 0 Å². The Morgan fingerprint density at radius 3 is 1.61 bits per heavy atom. The first-order valence-corrected chi connectivity index (χ1v) is 11.0. The van der Waals surface area contributed by atoms with Crippen molar-refractivity contribution < 1.29 is 0 Å². The maximum absolute atomic E-state index is 2.65. The van der Waals surface area contributed by atoms with Crippen LogP contribution in [-0.4, -0.2) is 4.57 Å². The van der Waals surface area contributed by atoms with Crippen LogP contribution in [0.3, 0.4) is 0 Å². The first-order chi connectivity index (χ1) is 13.7. The molecule has 1 nitrogen and oxygen atoms in total. The Morgan fingerprint density at radius 1 is 0.607 bits per heavy atom. The lowest BCUT2D eigenvalue weighted by Gasteiger charge is -2.36. The molecular weight excluding hydrogens is 338 g/mol. The van der Waals surface area contributed by atoms with E-state index in [0.717, 1.165) is 0 Å². The van der Waals surface area contributed by atoms with Gasteiger partial charge in [-0.2, -0.15) is 0 Å². The zero-order valence-electron chi connectivity index (χ0n) is 17.8. The third-order valence-corrected chi connectivity index (χ3v) is 5.92. The van der Waals surface area contributed by atoms with Gasteiger partial charge in [0, 0.05) is 16.9 Å². The molecule has 0 aliphatic heterocycles. The number of rotatable bonds is 10. The second kappa shape index (κ2) is 9.78. The Morgan fingerprint density at radius 2 is 1.14 bits per heavy atom. The number of aromatic nitrogens is 1. The topological polar surface area (TPSA) is 4.93 Å². The van der Waals surface area contributed by atoms with Crippen LogP contribution in [-0.2, 0) is 5.54 Å². The number of benzene rings is 2. The van der Waals surface area contributed by atoms with E-state index in [1.165, 1.54) is 67.5 Å². The minimum Gasteiger partial charge on any atom is -0.335 e. The summed E-state index contributed by atoms with van der Waals surface area (Å²) in [5.74, 6) is 0. The lowest BCUT2D eigenvalue weighted by atomic mass is 9.87. The molecule has 1 atom stereocenters. The summed E-state index contributed by atoms with van der Waals surface area (Å²) >= 11 is 0. The standard InChI is InChI=1S/C27H35N/c1-4-6-7-14-22-27(3,21-5-2)28-25(23-15-10-8-11-16-23)19-20-26(28)24-17-12-9-13-18-24/h8-13,15-20H,4-7,14,21-22H2,1-3H3. The van der Waals surface area contributed by atoms with E-state index in [9.17, 15) is 0 Å². The average molecular weight is 374 g/mol. The summed E-state index contributed by atoms with van der Waals surface area (Å²) in [5.41, 5.74) is 5.42. The van der Waals surface area contributed by atoms with E-state index in [1.807, 2.05) is 0 Å². The molecule has 3 aromatic rings. The van der Waals surface area contributed by atoms with Crippen molar-refractivity contribution in [3.05, 3.63) is 72.8 Å². The van der Waals surface area contributed by atoms with Gasteiger partial charge in [0.1, 0.15) is 0 Å². The van der Waals surface area contributed by atoms with E-state index in [0.29, 0.717) is 0 Å². The van der Waals surface area contributed by atoms with Gasteiger partial charge in [-0.25, -0.2) is 0 Å². The molecule has 1 unspecified atom stereocenters. The molecule has 3 rings (SSSR count). The number of hydrogen-bond donors (Lipinski definition) is 0. The molecule has 148 valence electrons. The smallest absolute Gasteiger partial charge is 0.0490 e. The maximum atomic E-state index is 2.65. The quantitative estimate of drug-likeness (QED) is 0.315. The molecule has 1 heterocycles. The Bertz CT molecular complexity index is 774. The van der Waals surface area contributed by atoms with Gasteiger partial charge < -0.3 is 4.57 Å². The highest BCUT2D eigenvalue weighted by Crippen LogP contribution is 2.39. The van der Waals surface area contributed by atoms with Crippen molar-refractivity contribution >= 4 is 0 Å². The fraction of sp³-hybridized carbons (Fsp3) is 0.407. The van der Waals surface area contributed by atoms with Crippen LogP contribution < -0.4 is 0 Å². The summed E-state index contributed by atoms with van der Waals surface area (Å²) in [6.45, 7) is 7.08. The van der Waals surface area contributed by atoms with Crippen LogP contribution in [0, 0.1) is 0 Å². The van der Waals surface area contributed by atoms with Crippen molar-refractivity contribution in [1.82, 2.24) is 4.57 Å². The normalized spacial score (nSPS) is 13.4. The van der Waals surface area contributed by atoms with E-state index < -0.39 is 0 Å². The fourth-order valence-electron chi connectivity index (χ4n) is 4.51. The third-order valence-electron chi connectivity index (χ3n) is 5.92. The molecule has 0 bridgehead atoms. The molecule has 0 saturated heterocycles. The predicted octanol–water partition coefficient (Wildman–Crippen LogP) is 8.31. The summed E-state index contributed by atoms with van der Waals surface area (Å²) in [6.07, 6.45) is 8.89. The molecule has 28 heavy (non-hydrogen) atoms. The SMILES string of the molecule is CCCCCCC(C)(CCC)n1c(-c2ccccc2)ccc1-c1ccccc1. The molecule has 0 amide bonds. The second-order valence-electron chi connectivity index (χ2n) is 8.23. The zero-order chi connectivity index (χ0) is 19.8. The van der Waals surface area contributed by atoms with Gasteiger partial charge in [-0.3, -0.25) is 0 Å². The molecule has 2 aromatic carbocycles. The van der Waals surface area contributed by atoms with Crippen molar-refractivity contribution in [2.45, 2.75) is 71.3 Å². The van der Waals surface area contributed by atoms with E-state index >= 15 is 0 Å². The molecule has 0 N–H and O–H groups in total. The van der Waals surface area contributed by atoms with E-state index in [4.69, 9.17) is 0 Å². The predicted molar refractivity (Wildman–Crippen MR) is 123 cm³/mol. The fourth-order valence-corrected chi connectivity index (χ4v) is 4.51. The highest BCUT2D eigenvalue weighted by atomic mass is 15.1. The number of nitrogens with zero attached hydrogens (tertiary/aromatic N) is 1. The van der Waals surface area contributed by atoms with Gasteiger partial charge >= 0.3 is 0 Å². The highest BCUT2D eigenvalue weighted by Gasteiger charge is 2.29. The summed E-state index contributed by atoms with van der Waals surface area (Å²) in [7, 11) is 0. The van der Waals surface area contributed by atoms with Gasteiger partial charge in [-0.1, -0.05) is 107 Å². The minimum absolute atomic E-state index is 0.127. The van der Waals surface area contributed by atoms with Crippen molar-refractivity contribution in [3.8, 4) is 22.5 Å². The third kappa shape index (κ3) is 4.58. The summed E-state index contributed by atoms with van der Waals surface area (Å²) in [5, 5.41) is 0. The molecule has 1 aromatic heterocycles. The van der Waals surface area contributed by atoms with Crippen LogP contribution in [0.5, 0.6) is 0 Å². The molecule has 1 heteroatoms. The molecule has 0 saturated carbocycles. The van der Waals surface area contributed by atoms with Crippen LogP contribution in [0.1, 0.15) is 65.7 Å². The van der Waals surface area contributed by atoms with Gasteiger partial charge in [0.2, 0.25) is 0 Å². The number of unbranched alkanes of at least 4 members (excludes halogenated alkanes) is 3. The molecule has 0 fully saturated rings. The van der Waals surface area contributed by atoms with Crippen molar-refractivity contribution in [2.24, 2.45) is 0 Å². The van der Waals surface area contributed by atoms with Crippen molar-refractivity contribution in [3.63, 3.8) is 0 Å². The second-order valence-corrected chi connectivity index (χ2v) is 8.23. The molecule has 0 radical (unpaired) electrons. The number of hydrogen-bond acceptors (Lipinski definition) is 0. The lowest BCUT2D eigenvalue weighted by molar-refractivity contribution is 0.264. The Balaban J connectivity index is 2.09. The lowest BCUT2D eigenvalue weighted by Crippen LogP contribution is -2.31. The van der Waals surface area contributed by atoms with Crippen LogP contribution in [0.15, 0.2) is 72.8 Å². The molecule has 0 spiro atoms. The Labute approximate surface area is 171 Å². The monoisotopic (exact) mass is 373 g/mol. The Hall–Kier alpha value is -2.28. The van der Waals surface area contributed by atoms with E-state index in [1.54, 1.807) is 0 Å². The van der Waals surface area contributed by atoms with Crippen LogP contribution in [0.25, 0.3) is 22.5 Å². The largest absolute Gasteiger partial charge is 0.335 e. The minimum atomic E-state index is 0.127. The first kappa shape index (κ1) is 20.5. The van der Waals surface area contributed by atoms with Gasteiger partial charge in [-0.05, 0) is 43.0 Å². The molecule has 0 aliphatic carbocycles. The summed E-state index contributed by atoms with van der Waals surface area (Å²) < 4.78 is 2.65. The van der Waals surface area contributed by atoms with E-state index in [2.05, 4.69) is 98.1 Å². The highest BCUT2D eigenvalue weighted by molar-refractivity contribution is 5.70. The van der Waals surface area contributed by atoms with Gasteiger partial charge in [0.05, 0.1) is 0 Å². The van der Waals surface area contributed by atoms with Gasteiger partial charge in [0.15, 0.2) is 0 Å². The van der Waals surface area contributed by atoms with Crippen molar-refractivity contribution in [1.29, 1.82) is 0 Å². The summed E-state index contributed by atoms with van der Waals surface area (Å²) in [6, 6.07) is 26.4. The first-order valence-electron chi connectivity index (χ1n) is 11.0. The maximum Gasteiger partial charge on any atom is 0.0490 e.